The summed E-state index contributed by atoms with van der Waals surface area (Å²) in [4.78, 5) is 23.9. The van der Waals surface area contributed by atoms with Gasteiger partial charge in [-0.25, -0.2) is 0 Å². The molecule has 0 aliphatic heterocycles. The summed E-state index contributed by atoms with van der Waals surface area (Å²) in [5.74, 6) is 0.774. The molecule has 2 N–H and O–H groups in total. The Morgan fingerprint density at radius 1 is 0.926 bits per heavy atom. The monoisotopic (exact) mass is 366 g/mol. The average molecular weight is 366 g/mol. The molecule has 0 fully saturated rings. The maximum absolute atomic E-state index is 12.0. The van der Waals surface area contributed by atoms with Gasteiger partial charge in [-0.3, -0.25) is 9.59 Å². The number of ether oxygens (including phenoxy) is 2. The van der Waals surface area contributed by atoms with E-state index in [9.17, 15) is 9.59 Å². The summed E-state index contributed by atoms with van der Waals surface area (Å²) in [7, 11) is 1.56. The van der Waals surface area contributed by atoms with Gasteiger partial charge in [-0.1, -0.05) is 6.07 Å². The molecule has 0 aliphatic carbocycles. The summed E-state index contributed by atoms with van der Waals surface area (Å²) in [6.07, 6.45) is 1.43. The molecule has 0 aliphatic rings. The highest BCUT2D eigenvalue weighted by molar-refractivity contribution is 6.02. The van der Waals surface area contributed by atoms with E-state index in [2.05, 4.69) is 10.6 Å². The van der Waals surface area contributed by atoms with Crippen LogP contribution < -0.4 is 20.1 Å². The Kier molecular flexibility index (Phi) is 5.73. The van der Waals surface area contributed by atoms with Crippen molar-refractivity contribution in [2.45, 2.75) is 0 Å². The van der Waals surface area contributed by atoms with Gasteiger partial charge in [0.05, 0.1) is 13.4 Å². The molecular formula is C20H18N2O5. The molecule has 0 radical (unpaired) electrons. The zero-order chi connectivity index (χ0) is 19.1. The lowest BCUT2D eigenvalue weighted by Crippen LogP contribution is -2.20. The minimum Gasteiger partial charge on any atom is -0.497 e. The summed E-state index contributed by atoms with van der Waals surface area (Å²) in [6, 6.07) is 16.9. The molecule has 3 aromatic rings. The zero-order valence-electron chi connectivity index (χ0n) is 14.6. The highest BCUT2D eigenvalue weighted by Crippen LogP contribution is 2.19. The van der Waals surface area contributed by atoms with Crippen molar-refractivity contribution in [2.75, 3.05) is 24.4 Å². The number of hydrogen-bond acceptors (Lipinski definition) is 5. The van der Waals surface area contributed by atoms with Crippen molar-refractivity contribution in [3.8, 4) is 11.5 Å². The second kappa shape index (κ2) is 8.57. The first-order valence-corrected chi connectivity index (χ1v) is 8.15. The molecule has 7 nitrogen and oxygen atoms in total. The van der Waals surface area contributed by atoms with Crippen molar-refractivity contribution in [2.24, 2.45) is 0 Å². The number of anilines is 2. The SMILES string of the molecule is COc1cccc(OCC(=O)Nc2ccc(NC(=O)c3ccco3)cc2)c1. The molecule has 2 amide bonds. The van der Waals surface area contributed by atoms with Crippen LogP contribution in [0.2, 0.25) is 0 Å². The molecule has 0 bridgehead atoms. The standard InChI is InChI=1S/C20H18N2O5/c1-25-16-4-2-5-17(12-16)27-13-19(23)21-14-7-9-15(10-8-14)22-20(24)18-6-3-11-26-18/h2-12H,13H2,1H3,(H,21,23)(H,22,24). The molecule has 138 valence electrons. The number of carbonyl (C=O) groups excluding carboxylic acids is 2. The molecular weight excluding hydrogens is 348 g/mol. The second-order valence-corrected chi connectivity index (χ2v) is 5.52. The predicted octanol–water partition coefficient (Wildman–Crippen LogP) is 3.56. The molecule has 1 heterocycles. The van der Waals surface area contributed by atoms with Crippen molar-refractivity contribution in [3.05, 3.63) is 72.7 Å². The van der Waals surface area contributed by atoms with Crippen LogP contribution >= 0.6 is 0 Å². The third-order valence-corrected chi connectivity index (χ3v) is 3.58. The molecule has 0 atom stereocenters. The average Bonchev–Trinajstić information content (AvgIpc) is 3.23. The molecule has 0 spiro atoms. The number of nitrogens with one attached hydrogen (secondary N) is 2. The van der Waals surface area contributed by atoms with Gasteiger partial charge in [0, 0.05) is 17.4 Å². The van der Waals surface area contributed by atoms with Crippen LogP contribution in [0.5, 0.6) is 11.5 Å². The molecule has 27 heavy (non-hydrogen) atoms. The van der Waals surface area contributed by atoms with Crippen molar-refractivity contribution in [1.29, 1.82) is 0 Å². The van der Waals surface area contributed by atoms with E-state index in [1.165, 1.54) is 6.26 Å². The molecule has 0 unspecified atom stereocenters. The van der Waals surface area contributed by atoms with Crippen molar-refractivity contribution >= 4 is 23.2 Å². The van der Waals surface area contributed by atoms with Crippen molar-refractivity contribution < 1.29 is 23.5 Å². The predicted molar refractivity (Wildman–Crippen MR) is 100 cm³/mol. The normalized spacial score (nSPS) is 10.1. The third kappa shape index (κ3) is 5.12. The molecule has 7 heteroatoms. The van der Waals surface area contributed by atoms with E-state index in [0.717, 1.165) is 0 Å². The van der Waals surface area contributed by atoms with E-state index >= 15 is 0 Å². The first-order chi connectivity index (χ1) is 13.1. The van der Waals surface area contributed by atoms with Crippen LogP contribution in [0.4, 0.5) is 11.4 Å². The fraction of sp³-hybridized carbons (Fsp3) is 0.100. The Morgan fingerprint density at radius 3 is 2.30 bits per heavy atom. The Balaban J connectivity index is 1.50. The second-order valence-electron chi connectivity index (χ2n) is 5.52. The van der Waals surface area contributed by atoms with Crippen LogP contribution in [0.3, 0.4) is 0 Å². The quantitative estimate of drug-likeness (QED) is 0.667. The van der Waals surface area contributed by atoms with Crippen molar-refractivity contribution in [3.63, 3.8) is 0 Å². The Hall–Kier alpha value is -3.74. The van der Waals surface area contributed by atoms with E-state index in [1.54, 1.807) is 67.8 Å². The van der Waals surface area contributed by atoms with Gasteiger partial charge in [0.1, 0.15) is 11.5 Å². The minimum absolute atomic E-state index is 0.135. The van der Waals surface area contributed by atoms with Crippen LogP contribution in [0.15, 0.2) is 71.3 Å². The number of carbonyl (C=O) groups is 2. The Morgan fingerprint density at radius 2 is 1.63 bits per heavy atom. The highest BCUT2D eigenvalue weighted by atomic mass is 16.5. The zero-order valence-corrected chi connectivity index (χ0v) is 14.6. The van der Waals surface area contributed by atoms with E-state index in [0.29, 0.717) is 22.9 Å². The number of methoxy groups -OCH3 is 1. The number of amides is 2. The van der Waals surface area contributed by atoms with Crippen LogP contribution in [-0.2, 0) is 4.79 Å². The fourth-order valence-electron chi connectivity index (χ4n) is 2.27. The lowest BCUT2D eigenvalue weighted by molar-refractivity contribution is -0.118. The maximum Gasteiger partial charge on any atom is 0.291 e. The first-order valence-electron chi connectivity index (χ1n) is 8.15. The summed E-state index contributed by atoms with van der Waals surface area (Å²) in [5.41, 5.74) is 1.17. The Bertz CT molecular complexity index is 904. The van der Waals surface area contributed by atoms with Gasteiger partial charge in [-0.2, -0.15) is 0 Å². The summed E-state index contributed by atoms with van der Waals surface area (Å²) < 4.78 is 15.6. The van der Waals surface area contributed by atoms with E-state index in [4.69, 9.17) is 13.9 Å². The maximum atomic E-state index is 12.0. The number of furan rings is 1. The van der Waals surface area contributed by atoms with Crippen molar-refractivity contribution in [1.82, 2.24) is 0 Å². The van der Waals surface area contributed by atoms with Gasteiger partial charge >= 0.3 is 0 Å². The first kappa shape index (κ1) is 18.1. The third-order valence-electron chi connectivity index (χ3n) is 3.58. The van der Waals surface area contributed by atoms with Crippen LogP contribution in [0.25, 0.3) is 0 Å². The topological polar surface area (TPSA) is 89.8 Å². The molecule has 1 aromatic heterocycles. The van der Waals surface area contributed by atoms with Gasteiger partial charge < -0.3 is 24.5 Å². The summed E-state index contributed by atoms with van der Waals surface area (Å²) in [6.45, 7) is -0.135. The fourth-order valence-corrected chi connectivity index (χ4v) is 2.27. The van der Waals surface area contributed by atoms with Gasteiger partial charge in [0.25, 0.3) is 11.8 Å². The van der Waals surface area contributed by atoms with Gasteiger partial charge in [0.2, 0.25) is 0 Å². The highest BCUT2D eigenvalue weighted by Gasteiger charge is 2.09. The number of hydrogen-bond donors (Lipinski definition) is 2. The summed E-state index contributed by atoms with van der Waals surface area (Å²) >= 11 is 0. The van der Waals surface area contributed by atoms with Gasteiger partial charge in [-0.05, 0) is 48.5 Å². The van der Waals surface area contributed by atoms with Gasteiger partial charge in [0.15, 0.2) is 12.4 Å². The smallest absolute Gasteiger partial charge is 0.291 e. The molecule has 2 aromatic carbocycles. The van der Waals surface area contributed by atoms with Crippen LogP contribution in [-0.4, -0.2) is 25.5 Å². The number of rotatable bonds is 7. The molecule has 0 saturated heterocycles. The summed E-state index contributed by atoms with van der Waals surface area (Å²) in [5, 5.41) is 5.42. The molecule has 0 saturated carbocycles. The Labute approximate surface area is 155 Å². The largest absolute Gasteiger partial charge is 0.497 e. The minimum atomic E-state index is -0.344. The van der Waals surface area contributed by atoms with Crippen LogP contribution in [0.1, 0.15) is 10.6 Å². The molecule has 3 rings (SSSR count). The van der Waals surface area contributed by atoms with E-state index in [-0.39, 0.29) is 24.2 Å². The van der Waals surface area contributed by atoms with E-state index in [1.807, 2.05) is 0 Å². The van der Waals surface area contributed by atoms with Crippen LogP contribution in [0, 0.1) is 0 Å². The van der Waals surface area contributed by atoms with E-state index < -0.39 is 0 Å². The van der Waals surface area contributed by atoms with Gasteiger partial charge in [-0.15, -0.1) is 0 Å². The lowest BCUT2D eigenvalue weighted by Gasteiger charge is -2.09. The lowest BCUT2D eigenvalue weighted by atomic mass is 10.2. The number of benzene rings is 2.